The maximum Gasteiger partial charge on any atom is 0.407 e. The van der Waals surface area contributed by atoms with Gasteiger partial charge in [-0.05, 0) is 83.0 Å². The molecule has 1 aromatic carbocycles. The minimum atomic E-state index is -2.20. The number of nitrogens with zero attached hydrogens (tertiary/aromatic N) is 1. The Morgan fingerprint density at radius 1 is 1.20 bits per heavy atom. The number of nitrogens with one attached hydrogen (secondary N) is 1. The van der Waals surface area contributed by atoms with E-state index in [9.17, 15) is 14.7 Å². The lowest BCUT2D eigenvalue weighted by Crippen LogP contribution is -2.74. The molecule has 1 saturated heterocycles. The summed E-state index contributed by atoms with van der Waals surface area (Å²) < 4.78 is 24.7. The SMILES string of the molecule is CN1CCC23c4c5ccc(O[Si](C)(C)C(C)(C)C)c4OC2C(OC(=O)CCNC(=O)OC(C)(C)C)=CCC3(O)C1C5. The van der Waals surface area contributed by atoms with Gasteiger partial charge in [0.25, 0.3) is 8.32 Å². The average Bonchev–Trinajstić information content (AvgIpc) is 3.18. The highest BCUT2D eigenvalue weighted by atomic mass is 28.4. The molecule has 2 bridgehead atoms. The molecule has 2 aliphatic heterocycles. The lowest BCUT2D eigenvalue weighted by Gasteiger charge is -2.61. The van der Waals surface area contributed by atoms with Crippen LogP contribution in [-0.4, -0.2) is 73.9 Å². The summed E-state index contributed by atoms with van der Waals surface area (Å²) in [5, 5.41) is 15.1. The Kier molecular flexibility index (Phi) is 7.11. The van der Waals surface area contributed by atoms with Crippen molar-refractivity contribution in [3.05, 3.63) is 35.1 Å². The van der Waals surface area contributed by atoms with E-state index in [0.29, 0.717) is 36.5 Å². The normalized spacial score (nSPS) is 28.7. The van der Waals surface area contributed by atoms with Crippen LogP contribution in [-0.2, 0) is 26.1 Å². The van der Waals surface area contributed by atoms with E-state index in [2.05, 4.69) is 57.2 Å². The van der Waals surface area contributed by atoms with E-state index >= 15 is 0 Å². The van der Waals surface area contributed by atoms with Crippen LogP contribution < -0.4 is 14.5 Å². The number of hydrogen-bond donors (Lipinski definition) is 2. The van der Waals surface area contributed by atoms with E-state index < -0.39 is 43.1 Å². The fourth-order valence-corrected chi connectivity index (χ4v) is 7.72. The Hall–Kier alpha value is -2.56. The second-order valence-electron chi connectivity index (χ2n) is 14.6. The highest BCUT2D eigenvalue weighted by Crippen LogP contribution is 2.65. The van der Waals surface area contributed by atoms with Gasteiger partial charge >= 0.3 is 12.1 Å². The number of carbonyl (C=O) groups is 2. The Labute approximate surface area is 244 Å². The molecule has 0 saturated carbocycles. The molecule has 1 amide bonds. The summed E-state index contributed by atoms with van der Waals surface area (Å²) in [4.78, 5) is 27.2. The molecule has 0 radical (unpaired) electrons. The molecule has 41 heavy (non-hydrogen) atoms. The zero-order chi connectivity index (χ0) is 30.2. The highest BCUT2D eigenvalue weighted by Gasteiger charge is 2.72. The van der Waals surface area contributed by atoms with Crippen LogP contribution in [0.3, 0.4) is 0 Å². The number of esters is 1. The van der Waals surface area contributed by atoms with Crippen molar-refractivity contribution < 1.29 is 33.3 Å². The number of rotatable bonds is 6. The van der Waals surface area contributed by atoms with E-state index in [1.165, 1.54) is 0 Å². The molecule has 2 aliphatic carbocycles. The summed E-state index contributed by atoms with van der Waals surface area (Å²) in [5.74, 6) is 1.31. The Balaban J connectivity index is 1.45. The second-order valence-corrected chi connectivity index (χ2v) is 19.3. The van der Waals surface area contributed by atoms with Crippen molar-refractivity contribution in [2.24, 2.45) is 0 Å². The van der Waals surface area contributed by atoms with Crippen LogP contribution in [0.5, 0.6) is 11.5 Å². The summed E-state index contributed by atoms with van der Waals surface area (Å²) in [5.41, 5.74) is -0.286. The first-order valence-electron chi connectivity index (χ1n) is 14.7. The number of piperidine rings is 1. The third-order valence-electron chi connectivity index (χ3n) is 9.74. The van der Waals surface area contributed by atoms with E-state index in [1.807, 2.05) is 12.1 Å². The molecule has 1 spiro atoms. The van der Waals surface area contributed by atoms with Crippen molar-refractivity contribution >= 4 is 20.4 Å². The molecule has 9 nitrogen and oxygen atoms in total. The molecule has 2 N–H and O–H groups in total. The van der Waals surface area contributed by atoms with Crippen molar-refractivity contribution in [2.75, 3.05) is 20.1 Å². The average molecular weight is 587 g/mol. The standard InChI is InChI=1S/C31H46N2O7Si/c1-28(2,3)39-27(35)32-16-13-23(34)37-21-12-14-31(36)22-18-19-10-11-20(40-41(8,9)29(4,5)6)25-24(19)30(31,26(21)38-25)15-17-33(22)7/h10-12,22,26,36H,13-18H2,1-9H3,(H,32,35). The van der Waals surface area contributed by atoms with Gasteiger partial charge in [0.15, 0.2) is 11.9 Å². The van der Waals surface area contributed by atoms with Crippen LogP contribution in [0, 0.1) is 0 Å². The number of carbonyl (C=O) groups excluding carboxylic acids is 2. The number of hydrogen-bond acceptors (Lipinski definition) is 8. The van der Waals surface area contributed by atoms with Crippen LogP contribution in [0.2, 0.25) is 18.1 Å². The second kappa shape index (κ2) is 9.74. The molecule has 0 aromatic heterocycles. The number of likely N-dealkylation sites (tertiary alicyclic amines) is 1. The molecule has 10 heteroatoms. The van der Waals surface area contributed by atoms with E-state index in [1.54, 1.807) is 20.8 Å². The molecule has 4 unspecified atom stereocenters. The van der Waals surface area contributed by atoms with Gasteiger partial charge in [0.1, 0.15) is 17.1 Å². The maximum absolute atomic E-state index is 13.0. The van der Waals surface area contributed by atoms with Gasteiger partial charge in [0.05, 0.1) is 17.4 Å². The fraction of sp³-hybridized carbons (Fsp3) is 0.677. The lowest BCUT2D eigenvalue weighted by molar-refractivity contribution is -0.169. The molecule has 1 fully saturated rings. The summed E-state index contributed by atoms with van der Waals surface area (Å²) in [6.07, 6.45) is 2.29. The number of ether oxygens (including phenoxy) is 3. The predicted octanol–water partition coefficient (Wildman–Crippen LogP) is 4.81. The topological polar surface area (TPSA) is 107 Å². The molecular weight excluding hydrogens is 540 g/mol. The van der Waals surface area contributed by atoms with Gasteiger partial charge in [0, 0.05) is 24.6 Å². The lowest BCUT2D eigenvalue weighted by atomic mass is 9.50. The zero-order valence-corrected chi connectivity index (χ0v) is 27.0. The van der Waals surface area contributed by atoms with Crippen LogP contribution in [0.1, 0.15) is 71.9 Å². The molecule has 4 atom stereocenters. The zero-order valence-electron chi connectivity index (χ0n) is 26.0. The van der Waals surface area contributed by atoms with Crippen LogP contribution >= 0.6 is 0 Å². The monoisotopic (exact) mass is 586 g/mol. The fourth-order valence-electron chi connectivity index (χ4n) is 6.70. The van der Waals surface area contributed by atoms with Crippen molar-refractivity contribution in [3.8, 4) is 11.5 Å². The van der Waals surface area contributed by atoms with Crippen molar-refractivity contribution in [3.63, 3.8) is 0 Å². The van der Waals surface area contributed by atoms with Crippen molar-refractivity contribution in [1.82, 2.24) is 10.2 Å². The van der Waals surface area contributed by atoms with Gasteiger partial charge < -0.3 is 34.0 Å². The van der Waals surface area contributed by atoms with Gasteiger partial charge in [-0.25, -0.2) is 4.79 Å². The minimum Gasteiger partial charge on any atom is -0.541 e. The van der Waals surface area contributed by atoms with E-state index in [4.69, 9.17) is 18.6 Å². The van der Waals surface area contributed by atoms with Crippen LogP contribution in [0.15, 0.2) is 24.0 Å². The van der Waals surface area contributed by atoms with Gasteiger partial charge in [-0.1, -0.05) is 26.8 Å². The number of aliphatic hydroxyl groups is 1. The number of benzene rings is 1. The number of amides is 1. The first-order chi connectivity index (χ1) is 18.9. The molecule has 1 aromatic rings. The first-order valence-corrected chi connectivity index (χ1v) is 17.6. The van der Waals surface area contributed by atoms with E-state index in [0.717, 1.165) is 17.7 Å². The molecule has 226 valence electrons. The maximum atomic E-state index is 13.0. The summed E-state index contributed by atoms with van der Waals surface area (Å²) in [6.45, 7) is 17.2. The predicted molar refractivity (Wildman–Crippen MR) is 158 cm³/mol. The van der Waals surface area contributed by atoms with E-state index in [-0.39, 0.29) is 24.0 Å². The number of likely N-dealkylation sites (N-methyl/N-ethyl adjacent to an activating group) is 1. The molecular formula is C31H46N2O7Si. The highest BCUT2D eigenvalue weighted by molar-refractivity contribution is 6.74. The third kappa shape index (κ3) is 4.85. The van der Waals surface area contributed by atoms with Gasteiger partial charge in [-0.3, -0.25) is 4.79 Å². The Morgan fingerprint density at radius 2 is 1.90 bits per heavy atom. The number of alkyl carbamates (subject to hydrolysis) is 1. The van der Waals surface area contributed by atoms with Gasteiger partial charge in [0.2, 0.25) is 0 Å². The summed E-state index contributed by atoms with van der Waals surface area (Å²) in [7, 11) is -0.128. The minimum absolute atomic E-state index is 0.00735. The summed E-state index contributed by atoms with van der Waals surface area (Å²) in [6, 6.07) is 4.06. The van der Waals surface area contributed by atoms with Crippen LogP contribution in [0.4, 0.5) is 4.79 Å². The largest absolute Gasteiger partial charge is 0.541 e. The Bertz CT molecular complexity index is 1280. The van der Waals surface area contributed by atoms with Crippen molar-refractivity contribution in [2.45, 2.75) is 114 Å². The van der Waals surface area contributed by atoms with Gasteiger partial charge in [-0.15, -0.1) is 0 Å². The molecule has 5 rings (SSSR count). The molecule has 4 aliphatic rings. The van der Waals surface area contributed by atoms with Crippen LogP contribution in [0.25, 0.3) is 0 Å². The van der Waals surface area contributed by atoms with Gasteiger partial charge in [-0.2, -0.15) is 0 Å². The molecule has 2 heterocycles. The smallest absolute Gasteiger partial charge is 0.407 e. The first kappa shape index (κ1) is 29.9. The summed E-state index contributed by atoms with van der Waals surface area (Å²) >= 11 is 0. The van der Waals surface area contributed by atoms with Crippen molar-refractivity contribution in [1.29, 1.82) is 0 Å². The quantitative estimate of drug-likeness (QED) is 0.362. The Morgan fingerprint density at radius 3 is 2.56 bits per heavy atom. The third-order valence-corrected chi connectivity index (χ3v) is 14.1.